The molecule has 0 aliphatic heterocycles. The first kappa shape index (κ1) is 11.2. The predicted octanol–water partition coefficient (Wildman–Crippen LogP) is 1.78. The third-order valence-corrected chi connectivity index (χ3v) is 2.12. The molecule has 0 aliphatic carbocycles. The average molecular weight is 259 g/mol. The summed E-state index contributed by atoms with van der Waals surface area (Å²) in [4.78, 5) is 10.7. The Balaban J connectivity index is 2.35. The van der Waals surface area contributed by atoms with Crippen LogP contribution in [-0.4, -0.2) is 24.1 Å². The number of aliphatic hydroxyl groups is 1. The van der Waals surface area contributed by atoms with Gasteiger partial charge in [-0.3, -0.25) is 4.79 Å². The summed E-state index contributed by atoms with van der Waals surface area (Å²) in [5, 5.41) is 8.46. The van der Waals surface area contributed by atoms with Crippen LogP contribution in [0.2, 0.25) is 0 Å². The molecule has 1 N–H and O–H groups in total. The Morgan fingerprint density at radius 3 is 2.93 bits per heavy atom. The lowest BCUT2D eigenvalue weighted by Gasteiger charge is -2.04. The van der Waals surface area contributed by atoms with Crippen molar-refractivity contribution in [3.63, 3.8) is 0 Å². The van der Waals surface area contributed by atoms with Gasteiger partial charge in [0.15, 0.2) is 5.78 Å². The van der Waals surface area contributed by atoms with Crippen LogP contribution < -0.4 is 4.74 Å². The van der Waals surface area contributed by atoms with Crippen molar-refractivity contribution >= 4 is 21.7 Å². The van der Waals surface area contributed by atoms with Crippen molar-refractivity contribution in [3.8, 4) is 5.75 Å². The molecule has 0 saturated heterocycles. The van der Waals surface area contributed by atoms with Gasteiger partial charge in [0.25, 0.3) is 0 Å². The molecule has 3 nitrogen and oxygen atoms in total. The van der Waals surface area contributed by atoms with E-state index >= 15 is 0 Å². The third-order valence-electron chi connectivity index (χ3n) is 1.62. The lowest BCUT2D eigenvalue weighted by atomic mass is 10.3. The molecule has 1 aromatic carbocycles. The fraction of sp³-hybridized carbons (Fsp3) is 0.300. The molecule has 4 heteroatoms. The molecule has 14 heavy (non-hydrogen) atoms. The molecule has 0 unspecified atom stereocenters. The molecule has 0 amide bonds. The first-order valence-corrected chi connectivity index (χ1v) is 5.02. The number of Topliss-reactive ketones (excluding diaryl/α,β-unsaturated/α-hetero) is 1. The van der Waals surface area contributed by atoms with Gasteiger partial charge >= 0.3 is 0 Å². The Labute approximate surface area is 90.8 Å². The first-order valence-electron chi connectivity index (χ1n) is 4.23. The summed E-state index contributed by atoms with van der Waals surface area (Å²) in [7, 11) is 0. The second kappa shape index (κ2) is 5.78. The van der Waals surface area contributed by atoms with Crippen LogP contribution in [0.25, 0.3) is 0 Å². The van der Waals surface area contributed by atoms with E-state index in [-0.39, 0.29) is 12.2 Å². The van der Waals surface area contributed by atoms with E-state index in [0.29, 0.717) is 12.4 Å². The van der Waals surface area contributed by atoms with Gasteiger partial charge in [-0.15, -0.1) is 0 Å². The minimum atomic E-state index is -0.415. The predicted molar refractivity (Wildman–Crippen MR) is 56.3 cm³/mol. The Morgan fingerprint density at radius 2 is 2.29 bits per heavy atom. The summed E-state index contributed by atoms with van der Waals surface area (Å²) in [6.45, 7) is -0.113. The number of hydrogen-bond acceptors (Lipinski definition) is 3. The zero-order valence-corrected chi connectivity index (χ0v) is 9.16. The maximum absolute atomic E-state index is 10.7. The maximum atomic E-state index is 10.7. The Morgan fingerprint density at radius 1 is 1.50 bits per heavy atom. The van der Waals surface area contributed by atoms with Crippen LogP contribution in [0.1, 0.15) is 6.42 Å². The fourth-order valence-corrected chi connectivity index (χ4v) is 1.30. The molecule has 0 heterocycles. The number of halogens is 1. The highest BCUT2D eigenvalue weighted by atomic mass is 79.9. The second-order valence-corrected chi connectivity index (χ2v) is 3.67. The average Bonchev–Trinajstić information content (AvgIpc) is 2.17. The van der Waals surface area contributed by atoms with E-state index in [1.165, 1.54) is 0 Å². The quantitative estimate of drug-likeness (QED) is 0.876. The van der Waals surface area contributed by atoms with Gasteiger partial charge in [0.2, 0.25) is 0 Å². The lowest BCUT2D eigenvalue weighted by molar-refractivity contribution is -0.122. The Kier molecular flexibility index (Phi) is 4.62. The minimum absolute atomic E-state index is 0.208. The smallest absolute Gasteiger partial charge is 0.161 e. The van der Waals surface area contributed by atoms with Gasteiger partial charge in [0.05, 0.1) is 6.61 Å². The fourth-order valence-electron chi connectivity index (χ4n) is 0.919. The summed E-state index contributed by atoms with van der Waals surface area (Å²) in [6.07, 6.45) is 0.239. The summed E-state index contributed by atoms with van der Waals surface area (Å²) in [5.41, 5.74) is 0. The van der Waals surface area contributed by atoms with Gasteiger partial charge in [-0.2, -0.15) is 0 Å². The van der Waals surface area contributed by atoms with E-state index in [1.807, 2.05) is 24.3 Å². The molecule has 0 saturated carbocycles. The molecule has 0 atom stereocenters. The van der Waals surface area contributed by atoms with Crippen LogP contribution in [0.4, 0.5) is 0 Å². The first-order chi connectivity index (χ1) is 6.72. The highest BCUT2D eigenvalue weighted by Crippen LogP contribution is 2.17. The molecular formula is C10H11BrO3. The monoisotopic (exact) mass is 258 g/mol. The van der Waals surface area contributed by atoms with Gasteiger partial charge in [-0.1, -0.05) is 22.0 Å². The van der Waals surface area contributed by atoms with E-state index in [9.17, 15) is 4.79 Å². The lowest BCUT2D eigenvalue weighted by Crippen LogP contribution is -2.09. The highest BCUT2D eigenvalue weighted by molar-refractivity contribution is 9.10. The van der Waals surface area contributed by atoms with Crippen LogP contribution in [0.15, 0.2) is 28.7 Å². The zero-order valence-electron chi connectivity index (χ0n) is 7.57. The number of aliphatic hydroxyl groups excluding tert-OH is 1. The number of carbonyl (C=O) groups excluding carboxylic acids is 1. The van der Waals surface area contributed by atoms with Crippen molar-refractivity contribution in [2.45, 2.75) is 6.42 Å². The number of ketones is 1. The molecule has 0 aromatic heterocycles. The normalized spacial score (nSPS) is 9.86. The number of carbonyl (C=O) groups is 1. The van der Waals surface area contributed by atoms with Crippen molar-refractivity contribution in [3.05, 3.63) is 28.7 Å². The zero-order chi connectivity index (χ0) is 10.4. The topological polar surface area (TPSA) is 46.5 Å². The molecule has 0 radical (unpaired) electrons. The molecule has 76 valence electrons. The van der Waals surface area contributed by atoms with Crippen LogP contribution in [0.3, 0.4) is 0 Å². The van der Waals surface area contributed by atoms with E-state index in [2.05, 4.69) is 15.9 Å². The molecule has 0 fully saturated rings. The Hall–Kier alpha value is -0.870. The summed E-state index contributed by atoms with van der Waals surface area (Å²) in [5.74, 6) is 0.505. The molecule has 1 rings (SSSR count). The summed E-state index contributed by atoms with van der Waals surface area (Å²) in [6, 6.07) is 7.39. The molecular weight excluding hydrogens is 248 g/mol. The van der Waals surface area contributed by atoms with Crippen LogP contribution in [-0.2, 0) is 4.79 Å². The van der Waals surface area contributed by atoms with E-state index in [0.717, 1.165) is 4.47 Å². The molecule has 0 spiro atoms. The van der Waals surface area contributed by atoms with Crippen molar-refractivity contribution in [1.82, 2.24) is 0 Å². The summed E-state index contributed by atoms with van der Waals surface area (Å²) < 4.78 is 6.23. The van der Waals surface area contributed by atoms with Gasteiger partial charge in [-0.25, -0.2) is 0 Å². The standard InChI is InChI=1S/C10H11BrO3/c11-8-2-1-3-10(6-8)14-5-4-9(13)7-12/h1-3,6,12H,4-5,7H2. The third kappa shape index (κ3) is 3.89. The Bertz CT molecular complexity index is 312. The van der Waals surface area contributed by atoms with Gasteiger partial charge in [0, 0.05) is 10.9 Å². The second-order valence-electron chi connectivity index (χ2n) is 2.75. The molecule has 1 aromatic rings. The van der Waals surface area contributed by atoms with Gasteiger partial charge < -0.3 is 9.84 Å². The SMILES string of the molecule is O=C(CO)CCOc1cccc(Br)c1. The minimum Gasteiger partial charge on any atom is -0.493 e. The van der Waals surface area contributed by atoms with Crippen LogP contribution in [0, 0.1) is 0 Å². The number of hydrogen-bond donors (Lipinski definition) is 1. The van der Waals surface area contributed by atoms with Crippen molar-refractivity contribution < 1.29 is 14.6 Å². The molecule has 0 bridgehead atoms. The largest absolute Gasteiger partial charge is 0.493 e. The molecule has 0 aliphatic rings. The number of ether oxygens (including phenoxy) is 1. The maximum Gasteiger partial charge on any atom is 0.161 e. The van der Waals surface area contributed by atoms with Crippen molar-refractivity contribution in [2.75, 3.05) is 13.2 Å². The number of rotatable bonds is 5. The van der Waals surface area contributed by atoms with E-state index < -0.39 is 6.61 Å². The van der Waals surface area contributed by atoms with Crippen LogP contribution in [0.5, 0.6) is 5.75 Å². The highest BCUT2D eigenvalue weighted by Gasteiger charge is 2.00. The van der Waals surface area contributed by atoms with Gasteiger partial charge in [-0.05, 0) is 18.2 Å². The summed E-state index contributed by atoms with van der Waals surface area (Å²) >= 11 is 3.31. The number of benzene rings is 1. The van der Waals surface area contributed by atoms with E-state index in [4.69, 9.17) is 9.84 Å². The van der Waals surface area contributed by atoms with E-state index in [1.54, 1.807) is 0 Å². The van der Waals surface area contributed by atoms with Crippen LogP contribution >= 0.6 is 15.9 Å². The van der Waals surface area contributed by atoms with Crippen molar-refractivity contribution in [2.24, 2.45) is 0 Å². The van der Waals surface area contributed by atoms with Gasteiger partial charge in [0.1, 0.15) is 12.4 Å². The van der Waals surface area contributed by atoms with Crippen molar-refractivity contribution in [1.29, 1.82) is 0 Å².